The highest BCUT2D eigenvalue weighted by Gasteiger charge is 2.60. The van der Waals surface area contributed by atoms with Crippen molar-refractivity contribution in [1.82, 2.24) is 4.90 Å². The van der Waals surface area contributed by atoms with Crippen molar-refractivity contribution in [3.8, 4) is 0 Å². The third-order valence-corrected chi connectivity index (χ3v) is 11.6. The maximum absolute atomic E-state index is 12.2. The lowest BCUT2D eigenvalue weighted by molar-refractivity contribution is -0.132. The monoisotopic (exact) mass is 458 g/mol. The van der Waals surface area contributed by atoms with Crippen LogP contribution in [0, 0.1) is 57.2 Å². The van der Waals surface area contributed by atoms with Gasteiger partial charge in [-0.3, -0.25) is 0 Å². The molecule has 0 radical (unpaired) electrons. The molecule has 6 unspecified atom stereocenters. The molecule has 5 heteroatoms. The molecular formula is C28H46N2O3. The smallest absolute Gasteiger partial charge is 0.409 e. The van der Waals surface area contributed by atoms with Gasteiger partial charge in [0.05, 0.1) is 13.2 Å². The van der Waals surface area contributed by atoms with E-state index in [0.29, 0.717) is 37.1 Å². The van der Waals surface area contributed by atoms with Crippen molar-refractivity contribution < 1.29 is 9.53 Å². The molecule has 4 aliphatic carbocycles. The van der Waals surface area contributed by atoms with Crippen LogP contribution in [-0.4, -0.2) is 37.2 Å². The number of amides is 1. The molecule has 0 aromatic rings. The van der Waals surface area contributed by atoms with Crippen LogP contribution >= 0.6 is 0 Å². The molecule has 0 N–H and O–H groups in total. The lowest BCUT2D eigenvalue weighted by Crippen LogP contribution is -2.55. The van der Waals surface area contributed by atoms with Gasteiger partial charge in [0.15, 0.2) is 0 Å². The Morgan fingerprint density at radius 1 is 1.00 bits per heavy atom. The van der Waals surface area contributed by atoms with E-state index in [-0.39, 0.29) is 12.0 Å². The highest BCUT2D eigenvalue weighted by Crippen LogP contribution is 2.68. The summed E-state index contributed by atoms with van der Waals surface area (Å²) < 4.78 is 5.55. The minimum Gasteiger partial charge on any atom is -0.449 e. The van der Waals surface area contributed by atoms with Gasteiger partial charge in [0.2, 0.25) is 0 Å². The highest BCUT2D eigenvalue weighted by atomic mass is 16.6. The molecule has 0 bridgehead atoms. The van der Waals surface area contributed by atoms with Gasteiger partial charge in [-0.05, 0) is 104 Å². The number of rotatable bonds is 6. The molecule has 1 amide bonds. The Balaban J connectivity index is 1.14. The minimum atomic E-state index is -0.209. The van der Waals surface area contributed by atoms with Gasteiger partial charge in [-0.1, -0.05) is 38.8 Å². The number of fused-ring (bicyclic) bond motifs is 5. The summed E-state index contributed by atoms with van der Waals surface area (Å²) in [5.41, 5.74) is 1.10. The fraction of sp³-hybridized carbons (Fsp3) is 0.964. The first-order valence-electron chi connectivity index (χ1n) is 14.1. The Morgan fingerprint density at radius 3 is 2.58 bits per heavy atom. The number of hydrogen-bond donors (Lipinski definition) is 0. The largest absolute Gasteiger partial charge is 0.449 e. The van der Waals surface area contributed by atoms with Crippen molar-refractivity contribution in [2.24, 2.45) is 57.4 Å². The third-order valence-electron chi connectivity index (χ3n) is 11.6. The average molecular weight is 459 g/mol. The third kappa shape index (κ3) is 4.03. The molecule has 5 nitrogen and oxygen atoms in total. The van der Waals surface area contributed by atoms with Crippen LogP contribution < -0.4 is 0 Å². The van der Waals surface area contributed by atoms with E-state index in [1.807, 2.05) is 0 Å². The molecule has 5 rings (SSSR count). The molecule has 33 heavy (non-hydrogen) atoms. The molecule has 4 saturated carbocycles. The average Bonchev–Trinajstić information content (AvgIpc) is 3.10. The van der Waals surface area contributed by atoms with Gasteiger partial charge in [0.25, 0.3) is 0 Å². The molecule has 1 heterocycles. The quantitative estimate of drug-likeness (QED) is 0.321. The first-order chi connectivity index (χ1) is 15.9. The predicted octanol–water partition coefficient (Wildman–Crippen LogP) is 6.90. The van der Waals surface area contributed by atoms with Crippen LogP contribution in [0.5, 0.6) is 0 Å². The lowest BCUT2D eigenvalue weighted by atomic mass is 9.43. The molecular weight excluding hydrogens is 412 g/mol. The SMILES string of the molecule is C[C@H]1CC2C3CCC(CCCOC(=O)N4CC(CN=O)C4)C3(C)CC[C@@H]2C2(C)CCCCC12. The summed E-state index contributed by atoms with van der Waals surface area (Å²) in [5.74, 6) is 5.72. The molecule has 5 fully saturated rings. The molecule has 0 spiro atoms. The van der Waals surface area contributed by atoms with Gasteiger partial charge in [0.1, 0.15) is 0 Å². The minimum absolute atomic E-state index is 0.209. The summed E-state index contributed by atoms with van der Waals surface area (Å²) >= 11 is 0. The second-order valence-electron chi connectivity index (χ2n) is 13.1. The van der Waals surface area contributed by atoms with E-state index in [1.165, 1.54) is 64.2 Å². The molecule has 186 valence electrons. The topological polar surface area (TPSA) is 59.0 Å². The van der Waals surface area contributed by atoms with Crippen LogP contribution in [0.3, 0.4) is 0 Å². The number of carbonyl (C=O) groups is 1. The number of likely N-dealkylation sites (tertiary alicyclic amines) is 1. The van der Waals surface area contributed by atoms with Crippen LogP contribution in [0.4, 0.5) is 4.79 Å². The Bertz CT molecular complexity index is 737. The van der Waals surface area contributed by atoms with E-state index in [9.17, 15) is 9.70 Å². The molecule has 8 atom stereocenters. The summed E-state index contributed by atoms with van der Waals surface area (Å²) in [4.78, 5) is 24.2. The first kappa shape index (κ1) is 23.6. The Morgan fingerprint density at radius 2 is 1.79 bits per heavy atom. The molecule has 5 aliphatic rings. The van der Waals surface area contributed by atoms with Crippen molar-refractivity contribution in [3.05, 3.63) is 4.91 Å². The van der Waals surface area contributed by atoms with Crippen molar-refractivity contribution in [2.75, 3.05) is 26.2 Å². The number of nitroso groups, excluding NO2 is 1. The first-order valence-corrected chi connectivity index (χ1v) is 14.1. The Hall–Kier alpha value is -1.13. The lowest BCUT2D eigenvalue weighted by Gasteiger charge is -2.62. The summed E-state index contributed by atoms with van der Waals surface area (Å²) in [6.45, 7) is 9.97. The second kappa shape index (κ2) is 9.15. The second-order valence-corrected chi connectivity index (χ2v) is 13.1. The van der Waals surface area contributed by atoms with Crippen LogP contribution in [0.15, 0.2) is 5.18 Å². The van der Waals surface area contributed by atoms with Gasteiger partial charge in [-0.2, -0.15) is 4.91 Å². The fourth-order valence-corrected chi connectivity index (χ4v) is 9.91. The number of nitrogens with zero attached hydrogens (tertiary/aromatic N) is 2. The van der Waals surface area contributed by atoms with Crippen LogP contribution in [0.1, 0.15) is 91.4 Å². The summed E-state index contributed by atoms with van der Waals surface area (Å²) in [7, 11) is 0. The van der Waals surface area contributed by atoms with E-state index < -0.39 is 0 Å². The highest BCUT2D eigenvalue weighted by molar-refractivity contribution is 5.68. The zero-order chi connectivity index (χ0) is 23.2. The number of hydrogen-bond acceptors (Lipinski definition) is 4. The summed E-state index contributed by atoms with van der Waals surface area (Å²) in [6.07, 6.45) is 15.0. The van der Waals surface area contributed by atoms with Crippen LogP contribution in [0.2, 0.25) is 0 Å². The van der Waals surface area contributed by atoms with E-state index in [1.54, 1.807) is 4.90 Å². The van der Waals surface area contributed by atoms with Crippen molar-refractivity contribution in [3.63, 3.8) is 0 Å². The zero-order valence-electron chi connectivity index (χ0n) is 21.3. The molecule has 0 aromatic carbocycles. The maximum atomic E-state index is 12.2. The van der Waals surface area contributed by atoms with Crippen molar-refractivity contribution in [2.45, 2.75) is 91.4 Å². The summed E-state index contributed by atoms with van der Waals surface area (Å²) in [6, 6.07) is 0. The van der Waals surface area contributed by atoms with E-state index in [2.05, 4.69) is 25.9 Å². The standard InChI is InChI=1S/C28H46N2O3/c1-19-15-22-24-10-9-21(7-6-14-33-26(31)30-17-20(18-30)16-29-32)27(24,2)13-11-25(22)28(3)12-5-4-8-23(19)28/h19-25H,4-18H2,1-3H3/t19-,21?,22?,23?,24?,25-,27?,28?/m0/s1. The van der Waals surface area contributed by atoms with Crippen LogP contribution in [0.25, 0.3) is 0 Å². The fourth-order valence-electron chi connectivity index (χ4n) is 9.91. The predicted molar refractivity (Wildman–Crippen MR) is 131 cm³/mol. The van der Waals surface area contributed by atoms with E-state index >= 15 is 0 Å². The zero-order valence-corrected chi connectivity index (χ0v) is 21.3. The normalized spacial score (nSPS) is 44.9. The van der Waals surface area contributed by atoms with Gasteiger partial charge in [-0.25, -0.2) is 4.79 Å². The van der Waals surface area contributed by atoms with E-state index in [4.69, 9.17) is 4.74 Å². The number of carbonyl (C=O) groups excluding carboxylic acids is 1. The van der Waals surface area contributed by atoms with Crippen molar-refractivity contribution >= 4 is 6.09 Å². The van der Waals surface area contributed by atoms with Crippen molar-refractivity contribution in [1.29, 1.82) is 0 Å². The van der Waals surface area contributed by atoms with Gasteiger partial charge in [0, 0.05) is 19.0 Å². The molecule has 1 aliphatic heterocycles. The van der Waals surface area contributed by atoms with Gasteiger partial charge < -0.3 is 9.64 Å². The molecule has 0 aromatic heterocycles. The van der Waals surface area contributed by atoms with E-state index in [0.717, 1.165) is 41.9 Å². The number of ether oxygens (including phenoxy) is 1. The Kier molecular flexibility index (Phi) is 6.54. The van der Waals surface area contributed by atoms with Crippen LogP contribution in [-0.2, 0) is 4.74 Å². The van der Waals surface area contributed by atoms with Gasteiger partial charge >= 0.3 is 6.09 Å². The Labute approximate surface area is 200 Å². The maximum Gasteiger partial charge on any atom is 0.409 e. The summed E-state index contributed by atoms with van der Waals surface area (Å²) in [5, 5.41) is 2.93. The molecule has 1 saturated heterocycles. The van der Waals surface area contributed by atoms with Gasteiger partial charge in [-0.15, -0.1) is 0 Å².